The maximum absolute atomic E-state index is 13.0. The molecule has 0 aliphatic carbocycles. The van der Waals surface area contributed by atoms with Crippen molar-refractivity contribution in [2.45, 2.75) is 45.2 Å². The van der Waals surface area contributed by atoms with E-state index in [1.165, 1.54) is 30.4 Å². The molecule has 5 heterocycles. The van der Waals surface area contributed by atoms with Crippen LogP contribution in [0.4, 0.5) is 10.9 Å². The highest BCUT2D eigenvalue weighted by molar-refractivity contribution is 7.17. The van der Waals surface area contributed by atoms with Gasteiger partial charge in [0.2, 0.25) is 0 Å². The lowest BCUT2D eigenvalue weighted by atomic mass is 10.1. The van der Waals surface area contributed by atoms with Crippen LogP contribution in [0.5, 0.6) is 0 Å². The standard InChI is InChI=1S/C26H32ClN7O3S2/c1-2-18-4-3-6-34(18)15-21-24(20-12-17(27)16-38-20)30-26(39-21)31-25(37)19-13-29-22(14-28-19)33-10-8-32(9-11-33)7-5-23(35)36/h12-14,16,18H,2-11,15H2,1H3,(H,35,36)(H,30,31,37). The first-order valence-electron chi connectivity index (χ1n) is 13.2. The second-order valence-electron chi connectivity index (χ2n) is 9.78. The molecule has 0 saturated carbocycles. The summed E-state index contributed by atoms with van der Waals surface area (Å²) < 4.78 is 0. The predicted molar refractivity (Wildman–Crippen MR) is 155 cm³/mol. The van der Waals surface area contributed by atoms with E-state index in [-0.39, 0.29) is 18.0 Å². The Morgan fingerprint density at radius 1 is 1.18 bits per heavy atom. The highest BCUT2D eigenvalue weighted by Gasteiger charge is 2.26. The summed E-state index contributed by atoms with van der Waals surface area (Å²) >= 11 is 9.27. The molecule has 2 fully saturated rings. The topological polar surface area (TPSA) is 115 Å². The second-order valence-corrected chi connectivity index (χ2v) is 12.2. The molecule has 5 rings (SSSR count). The average Bonchev–Trinajstić information content (AvgIpc) is 3.68. The molecule has 3 aromatic rings. The predicted octanol–water partition coefficient (Wildman–Crippen LogP) is 4.54. The van der Waals surface area contributed by atoms with Crippen LogP contribution in [-0.2, 0) is 11.3 Å². The number of hydrogen-bond acceptors (Lipinski definition) is 10. The van der Waals surface area contributed by atoms with E-state index in [1.54, 1.807) is 17.5 Å². The SMILES string of the molecule is CCC1CCCN1Cc1sc(NC(=O)c2cnc(N3CCN(CCC(=O)O)CC3)cn2)nc1-c1cc(Cl)cs1. The molecule has 0 radical (unpaired) electrons. The van der Waals surface area contributed by atoms with Crippen LogP contribution in [0, 0.1) is 0 Å². The maximum Gasteiger partial charge on any atom is 0.304 e. The Labute approximate surface area is 240 Å². The minimum absolute atomic E-state index is 0.143. The molecule has 0 bridgehead atoms. The van der Waals surface area contributed by atoms with Crippen molar-refractivity contribution < 1.29 is 14.7 Å². The molecule has 2 N–H and O–H groups in total. The fourth-order valence-electron chi connectivity index (χ4n) is 5.11. The van der Waals surface area contributed by atoms with Gasteiger partial charge in [0.15, 0.2) is 5.13 Å². The number of nitrogens with one attached hydrogen (secondary N) is 1. The van der Waals surface area contributed by atoms with Crippen LogP contribution in [0.15, 0.2) is 23.8 Å². The van der Waals surface area contributed by atoms with Gasteiger partial charge < -0.3 is 10.0 Å². The first kappa shape index (κ1) is 27.9. The molecule has 39 heavy (non-hydrogen) atoms. The number of hydrogen-bond donors (Lipinski definition) is 2. The minimum atomic E-state index is -0.782. The molecule has 1 atom stereocenters. The van der Waals surface area contributed by atoms with Crippen molar-refractivity contribution in [2.75, 3.05) is 49.5 Å². The van der Waals surface area contributed by atoms with E-state index in [0.717, 1.165) is 61.1 Å². The molecule has 2 aliphatic rings. The number of aliphatic carboxylic acids is 1. The number of carboxylic acid groups (broad SMARTS) is 1. The van der Waals surface area contributed by atoms with Crippen molar-refractivity contribution in [1.29, 1.82) is 0 Å². The molecule has 1 unspecified atom stereocenters. The summed E-state index contributed by atoms with van der Waals surface area (Å²) in [5.74, 6) is -0.430. The number of thiophene rings is 1. The Balaban J connectivity index is 1.24. The molecule has 208 valence electrons. The zero-order chi connectivity index (χ0) is 27.4. The van der Waals surface area contributed by atoms with Crippen molar-refractivity contribution >= 4 is 57.1 Å². The molecule has 13 heteroatoms. The summed E-state index contributed by atoms with van der Waals surface area (Å²) in [7, 11) is 0. The van der Waals surface area contributed by atoms with Gasteiger partial charge in [-0.1, -0.05) is 29.9 Å². The van der Waals surface area contributed by atoms with Gasteiger partial charge >= 0.3 is 5.97 Å². The fourth-order valence-corrected chi connectivity index (χ4v) is 7.26. The number of piperazine rings is 1. The van der Waals surface area contributed by atoms with Crippen molar-refractivity contribution in [1.82, 2.24) is 24.8 Å². The summed E-state index contributed by atoms with van der Waals surface area (Å²) in [5, 5.41) is 14.9. The van der Waals surface area contributed by atoms with Crippen molar-refractivity contribution in [2.24, 2.45) is 0 Å². The van der Waals surface area contributed by atoms with E-state index >= 15 is 0 Å². The Kier molecular flexibility index (Phi) is 9.08. The van der Waals surface area contributed by atoms with E-state index in [0.29, 0.717) is 28.6 Å². The zero-order valence-corrected chi connectivity index (χ0v) is 24.2. The molecule has 10 nitrogen and oxygen atoms in total. The number of rotatable bonds is 10. The van der Waals surface area contributed by atoms with Gasteiger partial charge in [0.25, 0.3) is 5.91 Å². The summed E-state index contributed by atoms with van der Waals surface area (Å²) in [4.78, 5) is 46.3. The summed E-state index contributed by atoms with van der Waals surface area (Å²) in [5.41, 5.74) is 1.10. The van der Waals surface area contributed by atoms with Gasteiger partial charge in [-0.05, 0) is 31.9 Å². The minimum Gasteiger partial charge on any atom is -0.481 e. The number of likely N-dealkylation sites (tertiary alicyclic amines) is 1. The third-order valence-corrected chi connectivity index (χ3v) is 9.48. The van der Waals surface area contributed by atoms with Crippen LogP contribution >= 0.6 is 34.3 Å². The Morgan fingerprint density at radius 3 is 2.67 bits per heavy atom. The number of amides is 1. The summed E-state index contributed by atoms with van der Waals surface area (Å²) in [6.45, 7) is 7.63. The Hall–Kier alpha value is -2.64. The van der Waals surface area contributed by atoms with Crippen LogP contribution < -0.4 is 10.2 Å². The monoisotopic (exact) mass is 589 g/mol. The quantitative estimate of drug-likeness (QED) is 0.352. The van der Waals surface area contributed by atoms with Gasteiger partial charge in [-0.25, -0.2) is 15.0 Å². The van der Waals surface area contributed by atoms with Crippen LogP contribution in [0.25, 0.3) is 10.6 Å². The van der Waals surface area contributed by atoms with E-state index in [1.807, 2.05) is 11.4 Å². The maximum atomic E-state index is 13.0. The van der Waals surface area contributed by atoms with Gasteiger partial charge in [0.1, 0.15) is 11.5 Å². The van der Waals surface area contributed by atoms with E-state index in [4.69, 9.17) is 21.7 Å². The number of carbonyl (C=O) groups excluding carboxylic acids is 1. The largest absolute Gasteiger partial charge is 0.481 e. The number of carbonyl (C=O) groups is 2. The highest BCUT2D eigenvalue weighted by Crippen LogP contribution is 2.38. The van der Waals surface area contributed by atoms with Crippen molar-refractivity contribution in [3.05, 3.63) is 39.4 Å². The van der Waals surface area contributed by atoms with Crippen molar-refractivity contribution in [3.8, 4) is 10.6 Å². The van der Waals surface area contributed by atoms with E-state index < -0.39 is 5.97 Å². The second kappa shape index (κ2) is 12.7. The fraction of sp³-hybridized carbons (Fsp3) is 0.500. The van der Waals surface area contributed by atoms with Gasteiger partial charge in [0, 0.05) is 55.6 Å². The van der Waals surface area contributed by atoms with Gasteiger partial charge in [-0.2, -0.15) is 0 Å². The average molecular weight is 590 g/mol. The molecule has 3 aromatic heterocycles. The lowest BCUT2D eigenvalue weighted by Crippen LogP contribution is -2.47. The lowest BCUT2D eigenvalue weighted by molar-refractivity contribution is -0.137. The first-order chi connectivity index (χ1) is 18.9. The number of halogens is 1. The normalized spacial score (nSPS) is 18.5. The summed E-state index contributed by atoms with van der Waals surface area (Å²) in [6, 6.07) is 2.50. The van der Waals surface area contributed by atoms with Crippen LogP contribution in [0.2, 0.25) is 5.02 Å². The molecular formula is C26H32ClN7O3S2. The highest BCUT2D eigenvalue weighted by atomic mass is 35.5. The number of carboxylic acids is 1. The molecule has 0 aromatic carbocycles. The molecule has 2 aliphatic heterocycles. The molecule has 2 saturated heterocycles. The zero-order valence-electron chi connectivity index (χ0n) is 21.8. The summed E-state index contributed by atoms with van der Waals surface area (Å²) in [6.07, 6.45) is 6.80. The molecule has 1 amide bonds. The van der Waals surface area contributed by atoms with Crippen LogP contribution in [-0.4, -0.2) is 87.0 Å². The first-order valence-corrected chi connectivity index (χ1v) is 15.3. The van der Waals surface area contributed by atoms with Crippen LogP contribution in [0.1, 0.15) is 48.0 Å². The van der Waals surface area contributed by atoms with Gasteiger partial charge in [-0.3, -0.25) is 24.7 Å². The Bertz CT molecular complexity index is 1290. The van der Waals surface area contributed by atoms with Crippen molar-refractivity contribution in [3.63, 3.8) is 0 Å². The van der Waals surface area contributed by atoms with E-state index in [9.17, 15) is 9.59 Å². The van der Waals surface area contributed by atoms with Gasteiger partial charge in [0.05, 0.1) is 34.4 Å². The number of anilines is 2. The Morgan fingerprint density at radius 2 is 2.00 bits per heavy atom. The molecule has 0 spiro atoms. The smallest absolute Gasteiger partial charge is 0.304 e. The lowest BCUT2D eigenvalue weighted by Gasteiger charge is -2.34. The third-order valence-electron chi connectivity index (χ3n) is 7.24. The van der Waals surface area contributed by atoms with Crippen LogP contribution in [0.3, 0.4) is 0 Å². The number of aromatic nitrogens is 3. The third kappa shape index (κ3) is 6.93. The number of nitrogens with zero attached hydrogens (tertiary/aromatic N) is 6. The molecular weight excluding hydrogens is 558 g/mol. The number of thiazole rings is 1. The van der Waals surface area contributed by atoms with Gasteiger partial charge in [-0.15, -0.1) is 11.3 Å². The van der Waals surface area contributed by atoms with E-state index in [2.05, 4.69) is 36.9 Å².